The minimum Gasteiger partial charge on any atom is -0.462 e. The summed E-state index contributed by atoms with van der Waals surface area (Å²) >= 11 is 0. The highest BCUT2D eigenvalue weighted by Crippen LogP contribution is 2.48. The molecule has 2 aromatic heterocycles. The predicted molar refractivity (Wildman–Crippen MR) is 241 cm³/mol. The molecule has 6 heterocycles. The van der Waals surface area contributed by atoms with Crippen LogP contribution in [0.2, 0.25) is 0 Å². The number of carbonyl (C=O) groups excluding carboxylic acids is 2. The zero-order valence-corrected chi connectivity index (χ0v) is 37.1. The third kappa shape index (κ3) is 9.81. The average molecular weight is 856 g/mol. The quantitative estimate of drug-likeness (QED) is 0.106. The molecule has 0 unspecified atom stereocenters. The van der Waals surface area contributed by atoms with E-state index in [0.29, 0.717) is 41.7 Å². The highest BCUT2D eigenvalue weighted by Gasteiger charge is 2.41. The molecule has 6 aliphatic rings. The Bertz CT molecular complexity index is 2150. The van der Waals surface area contributed by atoms with Crippen molar-refractivity contribution in [2.75, 3.05) is 65.8 Å². The van der Waals surface area contributed by atoms with Crippen LogP contribution in [0.5, 0.6) is 0 Å². The van der Waals surface area contributed by atoms with E-state index in [1.165, 1.54) is 113 Å². The molecule has 2 N–H and O–H groups in total. The number of Topliss-reactive ketones (excluding diaryl/α,β-unsaturated/α-hetero) is 1. The monoisotopic (exact) mass is 856 g/mol. The lowest BCUT2D eigenvalue weighted by Crippen LogP contribution is -2.51. The molecule has 12 nitrogen and oxygen atoms in total. The molecule has 0 radical (unpaired) electrons. The minimum absolute atomic E-state index is 0.00715. The summed E-state index contributed by atoms with van der Waals surface area (Å²) in [6, 6.07) is 19.9. The van der Waals surface area contributed by atoms with E-state index in [0.717, 1.165) is 50.9 Å². The zero-order chi connectivity index (χ0) is 43.2. The first-order chi connectivity index (χ1) is 30.8. The van der Waals surface area contributed by atoms with Crippen LogP contribution < -0.4 is 5.73 Å². The van der Waals surface area contributed by atoms with Crippen molar-refractivity contribution in [1.29, 1.82) is 0 Å². The Hall–Kier alpha value is -4.46. The minimum atomic E-state index is -0.360. The zero-order valence-electron chi connectivity index (χ0n) is 37.1. The van der Waals surface area contributed by atoms with Gasteiger partial charge in [-0.2, -0.15) is 0 Å². The highest BCUT2D eigenvalue weighted by atomic mass is 16.5. The van der Waals surface area contributed by atoms with Crippen molar-refractivity contribution in [3.63, 3.8) is 0 Å². The van der Waals surface area contributed by atoms with Gasteiger partial charge in [0.15, 0.2) is 5.78 Å². The summed E-state index contributed by atoms with van der Waals surface area (Å²) in [7, 11) is 0. The van der Waals surface area contributed by atoms with Crippen LogP contribution in [0.1, 0.15) is 138 Å². The molecule has 4 aliphatic heterocycles. The SMILES string of the molecule is CCOC(=O)c1cnc(CC2(c3cccc(C4CCN(C5COC5)CC4)c3)CCC2)nc1.NCC(=O)c1cnc(CC2(c3cccc(C4CCN(C5COC5)CC4)c3)CCC2)nc1. The molecule has 0 spiro atoms. The Labute approximate surface area is 372 Å². The number of nitrogens with two attached hydrogens (primary N) is 1. The van der Waals surface area contributed by atoms with Gasteiger partial charge < -0.3 is 19.9 Å². The molecule has 4 aromatic rings. The highest BCUT2D eigenvalue weighted by molar-refractivity contribution is 5.96. The van der Waals surface area contributed by atoms with Gasteiger partial charge in [0.1, 0.15) is 11.6 Å². The number of carbonyl (C=O) groups is 2. The largest absolute Gasteiger partial charge is 0.462 e. The molecule has 2 saturated carbocycles. The first kappa shape index (κ1) is 43.8. The Morgan fingerprint density at radius 2 is 1.10 bits per heavy atom. The van der Waals surface area contributed by atoms with E-state index in [4.69, 9.17) is 19.9 Å². The lowest BCUT2D eigenvalue weighted by atomic mass is 9.62. The van der Waals surface area contributed by atoms with E-state index in [9.17, 15) is 9.59 Å². The fourth-order valence-electron chi connectivity index (χ4n) is 10.7. The Morgan fingerprint density at radius 3 is 1.44 bits per heavy atom. The molecule has 12 heteroatoms. The molecular weight excluding hydrogens is 791 g/mol. The number of benzene rings is 2. The maximum Gasteiger partial charge on any atom is 0.341 e. The first-order valence-electron chi connectivity index (χ1n) is 23.7. The van der Waals surface area contributed by atoms with Crippen LogP contribution in [0.4, 0.5) is 0 Å². The van der Waals surface area contributed by atoms with Crippen LogP contribution in [-0.2, 0) is 37.9 Å². The molecule has 2 aromatic carbocycles. The fraction of sp³-hybridized carbons (Fsp3) is 0.569. The number of ketones is 1. The van der Waals surface area contributed by atoms with Crippen LogP contribution in [-0.4, -0.2) is 119 Å². The van der Waals surface area contributed by atoms with E-state index in [2.05, 4.69) is 78.3 Å². The van der Waals surface area contributed by atoms with Gasteiger partial charge in [0.25, 0.3) is 0 Å². The van der Waals surface area contributed by atoms with Gasteiger partial charge in [-0.05, 0) is 119 Å². The second-order valence-electron chi connectivity index (χ2n) is 19.0. The molecule has 334 valence electrons. The topological polar surface area (TPSA) is 146 Å². The molecule has 2 aliphatic carbocycles. The van der Waals surface area contributed by atoms with E-state index < -0.39 is 0 Å². The van der Waals surface area contributed by atoms with Crippen LogP contribution in [0.3, 0.4) is 0 Å². The van der Waals surface area contributed by atoms with Crippen molar-refractivity contribution in [2.24, 2.45) is 5.73 Å². The summed E-state index contributed by atoms with van der Waals surface area (Å²) in [5, 5.41) is 0. The summed E-state index contributed by atoms with van der Waals surface area (Å²) in [6.45, 7) is 10.5. The number of likely N-dealkylation sites (tertiary alicyclic amines) is 2. The van der Waals surface area contributed by atoms with Gasteiger partial charge in [0, 0.05) is 48.5 Å². The number of piperidine rings is 2. The molecule has 63 heavy (non-hydrogen) atoms. The third-order valence-electron chi connectivity index (χ3n) is 15.3. The van der Waals surface area contributed by atoms with Gasteiger partial charge in [-0.15, -0.1) is 0 Å². The normalized spacial score (nSPS) is 21.7. The number of aromatic nitrogens is 4. The van der Waals surface area contributed by atoms with Gasteiger partial charge in [-0.3, -0.25) is 14.6 Å². The van der Waals surface area contributed by atoms with Crippen LogP contribution in [0, 0.1) is 0 Å². The Balaban J connectivity index is 0.000000160. The van der Waals surface area contributed by atoms with E-state index in [1.807, 2.05) is 0 Å². The molecule has 0 amide bonds. The fourth-order valence-corrected chi connectivity index (χ4v) is 10.7. The van der Waals surface area contributed by atoms with Gasteiger partial charge in [0.2, 0.25) is 0 Å². The summed E-state index contributed by atoms with van der Waals surface area (Å²) in [5.74, 6) is 2.43. The summed E-state index contributed by atoms with van der Waals surface area (Å²) in [6.07, 6.45) is 20.2. The number of hydrogen-bond acceptors (Lipinski definition) is 12. The Kier molecular flexibility index (Phi) is 13.7. The van der Waals surface area contributed by atoms with Crippen molar-refractivity contribution in [2.45, 2.75) is 119 Å². The van der Waals surface area contributed by atoms with Crippen LogP contribution >= 0.6 is 0 Å². The van der Waals surface area contributed by atoms with Crippen LogP contribution in [0.15, 0.2) is 73.3 Å². The van der Waals surface area contributed by atoms with Crippen molar-refractivity contribution >= 4 is 11.8 Å². The predicted octanol–water partition coefficient (Wildman–Crippen LogP) is 6.76. The average Bonchev–Trinajstić information content (AvgIpc) is 3.26. The number of nitrogens with zero attached hydrogens (tertiary/aromatic N) is 6. The molecule has 0 bridgehead atoms. The smallest absolute Gasteiger partial charge is 0.341 e. The Morgan fingerprint density at radius 1 is 0.667 bits per heavy atom. The van der Waals surface area contributed by atoms with Gasteiger partial charge in [-0.25, -0.2) is 24.7 Å². The molecule has 6 fully saturated rings. The van der Waals surface area contributed by atoms with E-state index in [1.54, 1.807) is 31.7 Å². The van der Waals surface area contributed by atoms with Gasteiger partial charge in [0.05, 0.1) is 62.8 Å². The second-order valence-corrected chi connectivity index (χ2v) is 19.0. The number of ether oxygens (including phenoxy) is 3. The van der Waals surface area contributed by atoms with Gasteiger partial charge >= 0.3 is 5.97 Å². The standard InChI is InChI=1S/C26H33N3O3.C25H32N4O2/c1-2-32-25(30)21-15-27-24(28-16-21)14-26(9-4-10-26)22-6-3-5-20(13-22)19-7-11-29(12-8-19)23-17-31-18-23;26-13-23(30)20-14-27-24(28-15-20)12-25(7-2-8-25)21-4-1-3-19(11-21)18-5-9-29(10-6-18)22-16-31-17-22/h3,5-6,13,15-16,19,23H,2,4,7-12,14,17-18H2,1H3;1,3-4,11,14-15,18,22H,2,5-10,12-13,16-17,26H2. The van der Waals surface area contributed by atoms with Gasteiger partial charge in [-0.1, -0.05) is 61.4 Å². The van der Waals surface area contributed by atoms with Crippen LogP contribution in [0.25, 0.3) is 0 Å². The summed E-state index contributed by atoms with van der Waals surface area (Å²) in [4.78, 5) is 46.8. The molecule has 4 saturated heterocycles. The number of esters is 1. The second kappa shape index (κ2) is 19.7. The maximum absolute atomic E-state index is 11.9. The third-order valence-corrected chi connectivity index (χ3v) is 15.3. The molecular formula is C51H65N7O5. The van der Waals surface area contributed by atoms with E-state index in [-0.39, 0.29) is 29.1 Å². The number of rotatable bonds is 14. The molecule has 0 atom stereocenters. The lowest BCUT2D eigenvalue weighted by Gasteiger charge is -2.43. The maximum atomic E-state index is 11.9. The van der Waals surface area contributed by atoms with Crippen molar-refractivity contribution < 1.29 is 23.8 Å². The van der Waals surface area contributed by atoms with Crippen molar-refractivity contribution in [1.82, 2.24) is 29.7 Å². The number of hydrogen-bond donors (Lipinski definition) is 1. The van der Waals surface area contributed by atoms with Crippen molar-refractivity contribution in [3.8, 4) is 0 Å². The lowest BCUT2D eigenvalue weighted by molar-refractivity contribution is -0.0712. The molecule has 10 rings (SSSR count). The summed E-state index contributed by atoms with van der Waals surface area (Å²) in [5.41, 5.74) is 12.4. The first-order valence-corrected chi connectivity index (χ1v) is 23.7. The summed E-state index contributed by atoms with van der Waals surface area (Å²) < 4.78 is 15.8. The van der Waals surface area contributed by atoms with Crippen molar-refractivity contribution in [3.05, 3.63) is 118 Å². The van der Waals surface area contributed by atoms with E-state index >= 15 is 0 Å².